The van der Waals surface area contributed by atoms with Crippen molar-refractivity contribution in [2.24, 2.45) is 0 Å². The molecule has 5 heteroatoms. The molecule has 25 heavy (non-hydrogen) atoms. The average Bonchev–Trinajstić information content (AvgIpc) is 2.74. The molecule has 0 aliphatic carbocycles. The van der Waals surface area contributed by atoms with Crippen LogP contribution in [0.4, 0.5) is 0 Å². The smallest absolute Gasteiger partial charge is 0.316 e. The summed E-state index contributed by atoms with van der Waals surface area (Å²) in [5, 5.41) is 9.65. The second-order valence-electron chi connectivity index (χ2n) is 7.88. The van der Waals surface area contributed by atoms with Gasteiger partial charge in [0.15, 0.2) is 0 Å². The van der Waals surface area contributed by atoms with Crippen LogP contribution in [0.15, 0.2) is 30.3 Å². The Hall–Kier alpha value is -1.10. The quantitative estimate of drug-likeness (QED) is 0.582. The first-order chi connectivity index (χ1) is 11.5. The Labute approximate surface area is 157 Å². The minimum atomic E-state index is -0.572. The van der Waals surface area contributed by atoms with Crippen LogP contribution in [-0.2, 0) is 9.53 Å². The fourth-order valence-electron chi connectivity index (χ4n) is 4.82. The van der Waals surface area contributed by atoms with Crippen molar-refractivity contribution in [1.82, 2.24) is 0 Å². The number of carbonyl (C=O) groups excluding carboxylic acids is 1. The molecule has 0 amide bonds. The first-order valence-electron chi connectivity index (χ1n) is 9.18. The molecule has 2 saturated heterocycles. The number of esters is 1. The highest BCUT2D eigenvalue weighted by Gasteiger charge is 2.53. The molecule has 1 aromatic carbocycles. The number of hydrogen-bond donors (Lipinski definition) is 1. The lowest BCUT2D eigenvalue weighted by Crippen LogP contribution is -3.00. The van der Waals surface area contributed by atoms with Crippen molar-refractivity contribution in [3.8, 4) is 0 Å². The minimum Gasteiger partial charge on any atom is -1.00 e. The third-order valence-electron chi connectivity index (χ3n) is 6.54. The fraction of sp³-hybridized carbons (Fsp3) is 0.650. The monoisotopic (exact) mass is 367 g/mol. The zero-order valence-corrected chi connectivity index (χ0v) is 16.2. The van der Waals surface area contributed by atoms with Crippen molar-refractivity contribution in [2.45, 2.75) is 69.7 Å². The van der Waals surface area contributed by atoms with E-state index in [1.165, 1.54) is 12.8 Å². The summed E-state index contributed by atoms with van der Waals surface area (Å²) >= 11 is 0. The molecule has 2 aliphatic rings. The molecule has 0 saturated carbocycles. The van der Waals surface area contributed by atoms with E-state index in [4.69, 9.17) is 4.74 Å². The summed E-state index contributed by atoms with van der Waals surface area (Å²) in [5.41, 5.74) is 0.826. The maximum absolute atomic E-state index is 12.6. The van der Waals surface area contributed by atoms with Crippen LogP contribution >= 0.6 is 0 Å². The number of ether oxygens (including phenoxy) is 1. The number of aliphatic hydroxyl groups excluding tert-OH is 1. The van der Waals surface area contributed by atoms with Gasteiger partial charge >= 0.3 is 5.97 Å². The van der Waals surface area contributed by atoms with Crippen LogP contribution in [0.1, 0.15) is 51.0 Å². The van der Waals surface area contributed by atoms with E-state index in [0.717, 1.165) is 22.9 Å². The lowest BCUT2D eigenvalue weighted by atomic mass is 9.94. The molecule has 5 atom stereocenters. The molecule has 2 fully saturated rings. The standard InChI is InChI=1S/C20H30NO3.ClH/c1-14(2)21(3)16-9-10-17(21)12-18(11-16)24-20(23)19(13-22)15-7-5-4-6-8-15;/h4-8,14,16-19,22H,9-13H2,1-3H3;1H/q+1;/p-1/t16-,17+,18?,19?,21?;. The second-order valence-corrected chi connectivity index (χ2v) is 7.88. The molecule has 1 aromatic rings. The van der Waals surface area contributed by atoms with Gasteiger partial charge in [0.2, 0.25) is 0 Å². The molecule has 2 bridgehead atoms. The number of quaternary nitrogens is 1. The summed E-state index contributed by atoms with van der Waals surface area (Å²) in [6, 6.07) is 11.2. The molecule has 1 N–H and O–H groups in total. The minimum absolute atomic E-state index is 0. The van der Waals surface area contributed by atoms with Crippen molar-refractivity contribution in [1.29, 1.82) is 0 Å². The van der Waals surface area contributed by atoms with Gasteiger partial charge in [-0.05, 0) is 19.4 Å². The number of carbonyl (C=O) groups is 1. The van der Waals surface area contributed by atoms with Crippen LogP contribution in [0, 0.1) is 0 Å². The fourth-order valence-corrected chi connectivity index (χ4v) is 4.82. The number of hydrogen-bond acceptors (Lipinski definition) is 3. The molecule has 4 nitrogen and oxygen atoms in total. The van der Waals surface area contributed by atoms with Gasteiger partial charge in [-0.3, -0.25) is 4.79 Å². The van der Waals surface area contributed by atoms with E-state index < -0.39 is 5.92 Å². The summed E-state index contributed by atoms with van der Waals surface area (Å²) in [6.45, 7) is 4.39. The number of nitrogens with zero attached hydrogens (tertiary/aromatic N) is 1. The van der Waals surface area contributed by atoms with Gasteiger partial charge in [-0.25, -0.2) is 0 Å². The molecule has 140 valence electrons. The Balaban J connectivity index is 0.00000225. The highest BCUT2D eigenvalue weighted by Crippen LogP contribution is 2.44. The van der Waals surface area contributed by atoms with E-state index in [1.807, 2.05) is 30.3 Å². The SMILES string of the molecule is CC(C)[N+]1(C)[C@@H]2CC[C@H]1CC(OC(=O)C(CO)c1ccccc1)C2.[Cl-]. The van der Waals surface area contributed by atoms with E-state index in [2.05, 4.69) is 20.9 Å². The number of rotatable bonds is 5. The van der Waals surface area contributed by atoms with Crippen molar-refractivity contribution in [3.63, 3.8) is 0 Å². The van der Waals surface area contributed by atoms with E-state index in [0.29, 0.717) is 18.1 Å². The number of fused-ring (bicyclic) bond motifs is 2. The molecule has 0 spiro atoms. The third-order valence-corrected chi connectivity index (χ3v) is 6.54. The predicted molar refractivity (Wildman–Crippen MR) is 93.5 cm³/mol. The summed E-state index contributed by atoms with van der Waals surface area (Å²) in [6.07, 6.45) is 4.36. The van der Waals surface area contributed by atoms with Gasteiger partial charge in [0.25, 0.3) is 0 Å². The molecule has 2 aliphatic heterocycles. The summed E-state index contributed by atoms with van der Waals surface area (Å²) in [4.78, 5) is 12.6. The number of piperidine rings is 1. The molecular weight excluding hydrogens is 338 g/mol. The van der Waals surface area contributed by atoms with Gasteiger partial charge in [0.1, 0.15) is 12.0 Å². The van der Waals surface area contributed by atoms with Crippen LogP contribution in [0.5, 0.6) is 0 Å². The Morgan fingerprint density at radius 1 is 1.20 bits per heavy atom. The van der Waals surface area contributed by atoms with E-state index in [-0.39, 0.29) is 31.1 Å². The van der Waals surface area contributed by atoms with Crippen molar-refractivity contribution < 1.29 is 31.5 Å². The van der Waals surface area contributed by atoms with Crippen LogP contribution < -0.4 is 12.4 Å². The van der Waals surface area contributed by atoms with Crippen molar-refractivity contribution in [3.05, 3.63) is 35.9 Å². The molecule has 0 aromatic heterocycles. The van der Waals surface area contributed by atoms with Crippen molar-refractivity contribution in [2.75, 3.05) is 13.7 Å². The van der Waals surface area contributed by atoms with Gasteiger partial charge in [-0.15, -0.1) is 0 Å². The van der Waals surface area contributed by atoms with Crippen LogP contribution in [-0.4, -0.2) is 53.4 Å². The van der Waals surface area contributed by atoms with E-state index >= 15 is 0 Å². The zero-order valence-electron chi connectivity index (χ0n) is 15.4. The molecule has 2 heterocycles. The second kappa shape index (κ2) is 8.07. The van der Waals surface area contributed by atoms with E-state index in [1.54, 1.807) is 0 Å². The molecule has 0 radical (unpaired) electrons. The highest BCUT2D eigenvalue weighted by molar-refractivity contribution is 5.78. The Kier molecular flexibility index (Phi) is 6.52. The Morgan fingerprint density at radius 2 is 1.76 bits per heavy atom. The lowest BCUT2D eigenvalue weighted by Gasteiger charge is -2.49. The van der Waals surface area contributed by atoms with E-state index in [9.17, 15) is 9.90 Å². The highest BCUT2D eigenvalue weighted by atomic mass is 35.5. The molecular formula is C20H30ClNO3. The normalized spacial score (nSPS) is 32.1. The van der Waals surface area contributed by atoms with Gasteiger partial charge < -0.3 is 26.7 Å². The van der Waals surface area contributed by atoms with Crippen LogP contribution in [0.25, 0.3) is 0 Å². The van der Waals surface area contributed by atoms with Crippen LogP contribution in [0.3, 0.4) is 0 Å². The van der Waals surface area contributed by atoms with Crippen LogP contribution in [0.2, 0.25) is 0 Å². The maximum atomic E-state index is 12.6. The van der Waals surface area contributed by atoms with Gasteiger partial charge in [0, 0.05) is 25.7 Å². The lowest BCUT2D eigenvalue weighted by molar-refractivity contribution is -0.968. The van der Waals surface area contributed by atoms with Gasteiger partial charge in [0.05, 0.1) is 31.8 Å². The first-order valence-corrected chi connectivity index (χ1v) is 9.18. The third kappa shape index (κ3) is 3.71. The summed E-state index contributed by atoms with van der Waals surface area (Å²) in [5.74, 6) is -0.856. The van der Waals surface area contributed by atoms with Crippen molar-refractivity contribution >= 4 is 5.97 Å². The van der Waals surface area contributed by atoms with Gasteiger partial charge in [-0.2, -0.15) is 0 Å². The summed E-state index contributed by atoms with van der Waals surface area (Å²) in [7, 11) is 2.37. The topological polar surface area (TPSA) is 46.5 Å². The number of halogens is 1. The summed E-state index contributed by atoms with van der Waals surface area (Å²) < 4.78 is 6.96. The molecule has 3 rings (SSSR count). The number of benzene rings is 1. The average molecular weight is 368 g/mol. The Morgan fingerprint density at radius 3 is 2.24 bits per heavy atom. The maximum Gasteiger partial charge on any atom is 0.316 e. The predicted octanol–water partition coefficient (Wildman–Crippen LogP) is -0.142. The van der Waals surface area contributed by atoms with Gasteiger partial charge in [-0.1, -0.05) is 30.3 Å². The first kappa shape index (κ1) is 20.2. The zero-order chi connectivity index (χ0) is 17.3. The molecule has 3 unspecified atom stereocenters. The largest absolute Gasteiger partial charge is 1.00 e. The Bertz CT molecular complexity index is 564. The number of aliphatic hydroxyl groups is 1.